The Kier molecular flexibility index (Phi) is 3.74. The smallest absolute Gasteiger partial charge is 0.278 e. The summed E-state index contributed by atoms with van der Waals surface area (Å²) in [5.74, 6) is 0.639. The second-order valence-corrected chi connectivity index (χ2v) is 4.98. The fraction of sp³-hybridized carbons (Fsp3) is 0.111. The van der Waals surface area contributed by atoms with Gasteiger partial charge in [0.1, 0.15) is 5.75 Å². The zero-order chi connectivity index (χ0) is 15.5. The summed E-state index contributed by atoms with van der Waals surface area (Å²) >= 11 is 0. The lowest BCUT2D eigenvalue weighted by Gasteiger charge is -2.07. The van der Waals surface area contributed by atoms with Gasteiger partial charge in [-0.1, -0.05) is 18.2 Å². The third-order valence-electron chi connectivity index (χ3n) is 3.43. The molecule has 3 aromatic rings. The molecule has 3 rings (SSSR count). The highest BCUT2D eigenvalue weighted by Crippen LogP contribution is 2.24. The molecule has 0 unspecified atom stereocenters. The minimum absolute atomic E-state index is 0.139. The monoisotopic (exact) mass is 292 g/mol. The molecule has 0 fully saturated rings. The number of ether oxygens (including phenoxy) is 1. The van der Waals surface area contributed by atoms with E-state index in [9.17, 15) is 4.79 Å². The average molecular weight is 292 g/mol. The Morgan fingerprint density at radius 2 is 1.73 bits per heavy atom. The summed E-state index contributed by atoms with van der Waals surface area (Å²) in [5, 5.41) is 4.34. The Morgan fingerprint density at radius 1 is 1.05 bits per heavy atom. The van der Waals surface area contributed by atoms with Crippen molar-refractivity contribution < 1.29 is 9.53 Å². The maximum absolute atomic E-state index is 12.7. The van der Waals surface area contributed by atoms with E-state index in [1.165, 1.54) is 4.68 Å². The average Bonchev–Trinajstić information content (AvgIpc) is 2.97. The third-order valence-corrected chi connectivity index (χ3v) is 3.43. The summed E-state index contributed by atoms with van der Waals surface area (Å²) in [6.07, 6.45) is 0. The van der Waals surface area contributed by atoms with Gasteiger partial charge in [-0.25, -0.2) is 0 Å². The molecule has 4 nitrogen and oxygen atoms in total. The molecular formula is C18H16N2O2. The van der Waals surface area contributed by atoms with Gasteiger partial charge < -0.3 is 4.74 Å². The van der Waals surface area contributed by atoms with Crippen molar-refractivity contribution >= 4 is 5.91 Å². The van der Waals surface area contributed by atoms with Gasteiger partial charge in [0.05, 0.1) is 18.5 Å². The van der Waals surface area contributed by atoms with Crippen molar-refractivity contribution in [1.29, 1.82) is 0 Å². The predicted octanol–water partition coefficient (Wildman–Crippen LogP) is 3.56. The van der Waals surface area contributed by atoms with Crippen LogP contribution in [0.1, 0.15) is 16.1 Å². The van der Waals surface area contributed by atoms with Crippen molar-refractivity contribution in [3.05, 3.63) is 71.9 Å². The summed E-state index contributed by atoms with van der Waals surface area (Å²) in [4.78, 5) is 12.7. The van der Waals surface area contributed by atoms with Crippen LogP contribution in [0.3, 0.4) is 0 Å². The molecule has 0 bridgehead atoms. The summed E-state index contributed by atoms with van der Waals surface area (Å²) in [5.41, 5.74) is 3.11. The highest BCUT2D eigenvalue weighted by molar-refractivity contribution is 5.97. The SMILES string of the molecule is COc1ccc(-c2cc(C)nn2C(=O)c2ccccc2)cc1. The lowest BCUT2D eigenvalue weighted by atomic mass is 10.1. The molecule has 1 aromatic heterocycles. The van der Waals surface area contributed by atoms with E-state index >= 15 is 0 Å². The van der Waals surface area contributed by atoms with Gasteiger partial charge >= 0.3 is 0 Å². The number of nitrogens with zero attached hydrogens (tertiary/aromatic N) is 2. The van der Waals surface area contributed by atoms with E-state index in [-0.39, 0.29) is 5.91 Å². The maximum Gasteiger partial charge on any atom is 0.278 e. The molecule has 1 heterocycles. The Balaban J connectivity index is 2.04. The minimum Gasteiger partial charge on any atom is -0.497 e. The first-order valence-electron chi connectivity index (χ1n) is 7.00. The van der Waals surface area contributed by atoms with E-state index in [1.54, 1.807) is 19.2 Å². The Bertz CT molecular complexity index is 790. The van der Waals surface area contributed by atoms with E-state index in [0.717, 1.165) is 22.7 Å². The van der Waals surface area contributed by atoms with E-state index < -0.39 is 0 Å². The van der Waals surface area contributed by atoms with Crippen LogP contribution in [-0.4, -0.2) is 22.8 Å². The minimum atomic E-state index is -0.139. The number of hydrogen-bond donors (Lipinski definition) is 0. The van der Waals surface area contributed by atoms with Crippen LogP contribution in [0.15, 0.2) is 60.7 Å². The van der Waals surface area contributed by atoms with Crippen molar-refractivity contribution in [2.45, 2.75) is 6.92 Å². The van der Waals surface area contributed by atoms with Crippen molar-refractivity contribution in [1.82, 2.24) is 9.78 Å². The van der Waals surface area contributed by atoms with Crippen LogP contribution < -0.4 is 4.74 Å². The predicted molar refractivity (Wildman–Crippen MR) is 85.1 cm³/mol. The van der Waals surface area contributed by atoms with E-state index in [4.69, 9.17) is 4.74 Å². The molecule has 0 saturated carbocycles. The van der Waals surface area contributed by atoms with Gasteiger partial charge in [0.15, 0.2) is 0 Å². The van der Waals surface area contributed by atoms with Crippen LogP contribution in [-0.2, 0) is 0 Å². The molecule has 0 aliphatic rings. The van der Waals surface area contributed by atoms with Crippen molar-refractivity contribution in [2.24, 2.45) is 0 Å². The fourth-order valence-corrected chi connectivity index (χ4v) is 2.32. The number of methoxy groups -OCH3 is 1. The topological polar surface area (TPSA) is 44.1 Å². The van der Waals surface area contributed by atoms with Crippen molar-refractivity contribution in [2.75, 3.05) is 7.11 Å². The summed E-state index contributed by atoms with van der Waals surface area (Å²) < 4.78 is 6.62. The maximum atomic E-state index is 12.7. The number of carbonyl (C=O) groups excluding carboxylic acids is 1. The Morgan fingerprint density at radius 3 is 2.36 bits per heavy atom. The zero-order valence-corrected chi connectivity index (χ0v) is 12.5. The summed E-state index contributed by atoms with van der Waals surface area (Å²) in [6, 6.07) is 18.6. The molecule has 0 aliphatic heterocycles. The number of carbonyl (C=O) groups is 1. The van der Waals surface area contributed by atoms with Gasteiger partial charge in [0.2, 0.25) is 0 Å². The normalized spacial score (nSPS) is 10.5. The fourth-order valence-electron chi connectivity index (χ4n) is 2.32. The first kappa shape index (κ1) is 14.1. The molecule has 2 aromatic carbocycles. The number of hydrogen-bond acceptors (Lipinski definition) is 3. The van der Waals surface area contributed by atoms with Crippen LogP contribution in [0.5, 0.6) is 5.75 Å². The molecule has 0 radical (unpaired) electrons. The van der Waals surface area contributed by atoms with Gasteiger partial charge in [-0.05, 0) is 49.4 Å². The lowest BCUT2D eigenvalue weighted by Crippen LogP contribution is -2.14. The zero-order valence-electron chi connectivity index (χ0n) is 12.5. The highest BCUT2D eigenvalue weighted by atomic mass is 16.5. The molecule has 0 saturated heterocycles. The van der Waals surface area contributed by atoms with Crippen LogP contribution in [0, 0.1) is 6.92 Å². The molecular weight excluding hydrogens is 276 g/mol. The Labute approximate surface area is 129 Å². The van der Waals surface area contributed by atoms with Crippen LogP contribution >= 0.6 is 0 Å². The molecule has 0 aliphatic carbocycles. The molecule has 22 heavy (non-hydrogen) atoms. The summed E-state index contributed by atoms with van der Waals surface area (Å²) in [6.45, 7) is 1.88. The first-order chi connectivity index (χ1) is 10.7. The molecule has 110 valence electrons. The van der Waals surface area contributed by atoms with Gasteiger partial charge in [0.25, 0.3) is 5.91 Å². The van der Waals surface area contributed by atoms with Crippen LogP contribution in [0.4, 0.5) is 0 Å². The third kappa shape index (κ3) is 2.63. The number of aryl methyl sites for hydroxylation is 1. The Hall–Kier alpha value is -2.88. The van der Waals surface area contributed by atoms with Gasteiger partial charge in [-0.15, -0.1) is 0 Å². The van der Waals surface area contributed by atoms with Crippen LogP contribution in [0.25, 0.3) is 11.3 Å². The first-order valence-corrected chi connectivity index (χ1v) is 7.00. The molecule has 4 heteroatoms. The number of aromatic nitrogens is 2. The van der Waals surface area contributed by atoms with E-state index in [2.05, 4.69) is 5.10 Å². The van der Waals surface area contributed by atoms with Gasteiger partial charge in [-0.2, -0.15) is 9.78 Å². The largest absolute Gasteiger partial charge is 0.497 e. The van der Waals surface area contributed by atoms with E-state index in [1.807, 2.05) is 55.5 Å². The van der Waals surface area contributed by atoms with Crippen LogP contribution in [0.2, 0.25) is 0 Å². The van der Waals surface area contributed by atoms with Gasteiger partial charge in [0, 0.05) is 11.1 Å². The molecule has 0 N–H and O–H groups in total. The van der Waals surface area contributed by atoms with Gasteiger partial charge in [-0.3, -0.25) is 4.79 Å². The standard InChI is InChI=1S/C18H16N2O2/c1-13-12-17(14-8-10-16(22-2)11-9-14)20(19-13)18(21)15-6-4-3-5-7-15/h3-12H,1-2H3. The lowest BCUT2D eigenvalue weighted by molar-refractivity contribution is 0.0947. The second kappa shape index (κ2) is 5.85. The van der Waals surface area contributed by atoms with Crippen molar-refractivity contribution in [3.8, 4) is 17.0 Å². The molecule has 0 atom stereocenters. The summed E-state index contributed by atoms with van der Waals surface area (Å²) in [7, 11) is 1.63. The van der Waals surface area contributed by atoms with Crippen molar-refractivity contribution in [3.63, 3.8) is 0 Å². The number of benzene rings is 2. The number of rotatable bonds is 3. The second-order valence-electron chi connectivity index (χ2n) is 4.98. The molecule has 0 amide bonds. The molecule has 0 spiro atoms. The highest BCUT2D eigenvalue weighted by Gasteiger charge is 2.16. The quantitative estimate of drug-likeness (QED) is 0.741. The van der Waals surface area contributed by atoms with E-state index in [0.29, 0.717) is 5.56 Å².